The molecule has 1 heterocycles. The fraction of sp³-hybridized carbons (Fsp3) is 0.278. The summed E-state index contributed by atoms with van der Waals surface area (Å²) in [6.45, 7) is 3.15. The van der Waals surface area contributed by atoms with Crippen LogP contribution in [0.5, 0.6) is 5.75 Å². The van der Waals surface area contributed by atoms with E-state index in [0.717, 1.165) is 52.6 Å². The zero-order chi connectivity index (χ0) is 15.5. The number of methoxy groups -OCH3 is 1. The van der Waals surface area contributed by atoms with Crippen molar-refractivity contribution in [1.29, 1.82) is 0 Å². The number of ether oxygens (including phenoxy) is 1. The lowest BCUT2D eigenvalue weighted by atomic mass is 10.2. The number of unbranched alkanes of at least 4 members (excludes halogenated alkanes) is 1. The van der Waals surface area contributed by atoms with Crippen molar-refractivity contribution in [3.05, 3.63) is 47.5 Å². The van der Waals surface area contributed by atoms with Crippen LogP contribution in [0.4, 0.5) is 0 Å². The number of rotatable bonds is 5. The van der Waals surface area contributed by atoms with Gasteiger partial charge in [0.05, 0.1) is 18.1 Å². The SMILES string of the molecule is CCCCn1c(-c2ccc(Cl)cc2)nc2cc(OC)ccc21. The normalized spacial score (nSPS) is 11.0. The number of fused-ring (bicyclic) bond motifs is 1. The molecule has 0 bridgehead atoms. The van der Waals surface area contributed by atoms with Crippen molar-refractivity contribution in [2.75, 3.05) is 7.11 Å². The van der Waals surface area contributed by atoms with Gasteiger partial charge in [0, 0.05) is 23.2 Å². The molecular weight excluding hydrogens is 296 g/mol. The predicted molar refractivity (Wildman–Crippen MR) is 91.6 cm³/mol. The summed E-state index contributed by atoms with van der Waals surface area (Å²) in [5, 5.41) is 0.738. The maximum atomic E-state index is 6.00. The fourth-order valence-corrected chi connectivity index (χ4v) is 2.72. The Balaban J connectivity index is 2.15. The molecule has 0 aliphatic carbocycles. The van der Waals surface area contributed by atoms with Crippen LogP contribution in [0.3, 0.4) is 0 Å². The van der Waals surface area contributed by atoms with Crippen LogP contribution in [0.15, 0.2) is 42.5 Å². The van der Waals surface area contributed by atoms with Crippen LogP contribution >= 0.6 is 11.6 Å². The highest BCUT2D eigenvalue weighted by molar-refractivity contribution is 6.30. The van der Waals surface area contributed by atoms with Gasteiger partial charge in [0.25, 0.3) is 0 Å². The Morgan fingerprint density at radius 2 is 1.91 bits per heavy atom. The van der Waals surface area contributed by atoms with Gasteiger partial charge >= 0.3 is 0 Å². The standard InChI is InChI=1S/C18H19ClN2O/c1-3-4-11-21-17-10-9-15(22-2)12-16(17)20-18(21)13-5-7-14(19)8-6-13/h5-10,12H,3-4,11H2,1-2H3. The minimum absolute atomic E-state index is 0.738. The third-order valence-corrected chi connectivity index (χ3v) is 4.05. The van der Waals surface area contributed by atoms with Gasteiger partial charge in [-0.15, -0.1) is 0 Å². The van der Waals surface area contributed by atoms with Crippen molar-refractivity contribution in [3.8, 4) is 17.1 Å². The van der Waals surface area contributed by atoms with Crippen molar-refractivity contribution in [3.63, 3.8) is 0 Å². The molecule has 0 saturated carbocycles. The van der Waals surface area contributed by atoms with Gasteiger partial charge in [-0.1, -0.05) is 24.9 Å². The van der Waals surface area contributed by atoms with Crippen molar-refractivity contribution in [1.82, 2.24) is 9.55 Å². The van der Waals surface area contributed by atoms with Crippen LogP contribution in [0.25, 0.3) is 22.4 Å². The molecule has 0 fully saturated rings. The molecule has 1 aromatic heterocycles. The second-order valence-corrected chi connectivity index (χ2v) is 5.74. The molecule has 3 nitrogen and oxygen atoms in total. The Kier molecular flexibility index (Phi) is 4.34. The lowest BCUT2D eigenvalue weighted by Crippen LogP contribution is -2.00. The summed E-state index contributed by atoms with van der Waals surface area (Å²) in [6.07, 6.45) is 2.27. The number of nitrogens with zero attached hydrogens (tertiary/aromatic N) is 2. The number of aromatic nitrogens is 2. The van der Waals surface area contributed by atoms with Gasteiger partial charge in [-0.3, -0.25) is 0 Å². The first-order chi connectivity index (χ1) is 10.7. The van der Waals surface area contributed by atoms with Crippen LogP contribution in [-0.2, 0) is 6.54 Å². The molecule has 0 aliphatic rings. The minimum atomic E-state index is 0.738. The number of hydrogen-bond donors (Lipinski definition) is 0. The van der Waals surface area contributed by atoms with Crippen LogP contribution < -0.4 is 4.74 Å². The van der Waals surface area contributed by atoms with E-state index in [1.807, 2.05) is 36.4 Å². The fourth-order valence-electron chi connectivity index (χ4n) is 2.60. The van der Waals surface area contributed by atoms with Crippen LogP contribution in [0, 0.1) is 0 Å². The molecule has 22 heavy (non-hydrogen) atoms. The van der Waals surface area contributed by atoms with E-state index in [1.165, 1.54) is 0 Å². The monoisotopic (exact) mass is 314 g/mol. The Hall–Kier alpha value is -2.00. The van der Waals surface area contributed by atoms with Crippen molar-refractivity contribution >= 4 is 22.6 Å². The van der Waals surface area contributed by atoms with Gasteiger partial charge in [0.15, 0.2) is 0 Å². The summed E-state index contributed by atoms with van der Waals surface area (Å²) in [4.78, 5) is 4.81. The summed E-state index contributed by atoms with van der Waals surface area (Å²) in [5.74, 6) is 1.81. The van der Waals surface area contributed by atoms with Crippen molar-refractivity contribution in [2.24, 2.45) is 0 Å². The Morgan fingerprint density at radius 3 is 2.59 bits per heavy atom. The quantitative estimate of drug-likeness (QED) is 0.650. The smallest absolute Gasteiger partial charge is 0.141 e. The Morgan fingerprint density at radius 1 is 1.14 bits per heavy atom. The van der Waals surface area contributed by atoms with E-state index in [4.69, 9.17) is 21.3 Å². The van der Waals surface area contributed by atoms with Gasteiger partial charge in [0.1, 0.15) is 11.6 Å². The van der Waals surface area contributed by atoms with Crippen molar-refractivity contribution in [2.45, 2.75) is 26.3 Å². The molecular formula is C18H19ClN2O. The first-order valence-electron chi connectivity index (χ1n) is 7.53. The van der Waals surface area contributed by atoms with E-state index in [1.54, 1.807) is 7.11 Å². The minimum Gasteiger partial charge on any atom is -0.497 e. The summed E-state index contributed by atoms with van der Waals surface area (Å²) in [6, 6.07) is 13.9. The van der Waals surface area contributed by atoms with Crippen LogP contribution in [0.2, 0.25) is 5.02 Å². The van der Waals surface area contributed by atoms with Gasteiger partial charge in [-0.05, 0) is 42.8 Å². The summed E-state index contributed by atoms with van der Waals surface area (Å²) >= 11 is 6.00. The van der Waals surface area contributed by atoms with E-state index in [2.05, 4.69) is 17.6 Å². The number of hydrogen-bond acceptors (Lipinski definition) is 2. The van der Waals surface area contributed by atoms with Gasteiger partial charge in [0.2, 0.25) is 0 Å². The molecule has 0 saturated heterocycles. The molecule has 4 heteroatoms. The van der Waals surface area contributed by atoms with E-state index in [0.29, 0.717) is 0 Å². The summed E-state index contributed by atoms with van der Waals surface area (Å²) < 4.78 is 7.59. The van der Waals surface area contributed by atoms with Gasteiger partial charge in [-0.2, -0.15) is 0 Å². The molecule has 2 aromatic carbocycles. The largest absolute Gasteiger partial charge is 0.497 e. The number of aryl methyl sites for hydroxylation is 1. The highest BCUT2D eigenvalue weighted by atomic mass is 35.5. The predicted octanol–water partition coefficient (Wildman–Crippen LogP) is 5.17. The van der Waals surface area contributed by atoms with E-state index < -0.39 is 0 Å². The lowest BCUT2D eigenvalue weighted by molar-refractivity contribution is 0.415. The molecule has 114 valence electrons. The third kappa shape index (κ3) is 2.81. The van der Waals surface area contributed by atoms with Gasteiger partial charge in [-0.25, -0.2) is 4.98 Å². The van der Waals surface area contributed by atoms with E-state index in [-0.39, 0.29) is 0 Å². The van der Waals surface area contributed by atoms with E-state index >= 15 is 0 Å². The highest BCUT2D eigenvalue weighted by Crippen LogP contribution is 2.28. The number of benzene rings is 2. The average Bonchev–Trinajstić information content (AvgIpc) is 2.91. The maximum Gasteiger partial charge on any atom is 0.141 e. The second-order valence-electron chi connectivity index (χ2n) is 5.30. The zero-order valence-electron chi connectivity index (χ0n) is 12.8. The number of halogens is 1. The molecule has 0 N–H and O–H groups in total. The maximum absolute atomic E-state index is 6.00. The average molecular weight is 315 g/mol. The third-order valence-electron chi connectivity index (χ3n) is 3.79. The highest BCUT2D eigenvalue weighted by Gasteiger charge is 2.13. The topological polar surface area (TPSA) is 27.1 Å². The molecule has 0 amide bonds. The molecule has 3 rings (SSSR count). The lowest BCUT2D eigenvalue weighted by Gasteiger charge is -2.09. The Labute approximate surface area is 135 Å². The van der Waals surface area contributed by atoms with Gasteiger partial charge < -0.3 is 9.30 Å². The first-order valence-corrected chi connectivity index (χ1v) is 7.91. The zero-order valence-corrected chi connectivity index (χ0v) is 13.6. The molecule has 0 atom stereocenters. The Bertz CT molecular complexity index is 778. The van der Waals surface area contributed by atoms with Crippen LogP contribution in [0.1, 0.15) is 19.8 Å². The van der Waals surface area contributed by atoms with Crippen LogP contribution in [-0.4, -0.2) is 16.7 Å². The molecule has 0 radical (unpaired) electrons. The molecule has 0 aliphatic heterocycles. The van der Waals surface area contributed by atoms with E-state index in [9.17, 15) is 0 Å². The van der Waals surface area contributed by atoms with Crippen molar-refractivity contribution < 1.29 is 4.74 Å². The first kappa shape index (κ1) is 14.9. The molecule has 0 spiro atoms. The summed E-state index contributed by atoms with van der Waals surface area (Å²) in [7, 11) is 1.68. The second kappa shape index (κ2) is 6.41. The molecule has 3 aromatic rings. The number of imidazole rings is 1. The molecule has 0 unspecified atom stereocenters. The summed E-state index contributed by atoms with van der Waals surface area (Å²) in [5.41, 5.74) is 3.18.